The topological polar surface area (TPSA) is 43.2 Å². The van der Waals surface area contributed by atoms with Crippen molar-refractivity contribution >= 4 is 11.8 Å². The Morgan fingerprint density at radius 2 is 1.96 bits per heavy atom. The van der Waals surface area contributed by atoms with Crippen LogP contribution in [0.25, 0.3) is 5.69 Å². The summed E-state index contributed by atoms with van der Waals surface area (Å²) in [7, 11) is 0. The van der Waals surface area contributed by atoms with E-state index in [4.69, 9.17) is 4.74 Å². The second-order valence-electron chi connectivity index (χ2n) is 5.73. The van der Waals surface area contributed by atoms with Crippen LogP contribution in [0.4, 0.5) is 13.2 Å². The van der Waals surface area contributed by atoms with Gasteiger partial charge in [-0.3, -0.25) is 9.47 Å². The van der Waals surface area contributed by atoms with Crippen molar-refractivity contribution in [2.24, 2.45) is 0 Å². The van der Waals surface area contributed by atoms with Crippen LogP contribution in [0.3, 0.4) is 0 Å². The molecule has 0 N–H and O–H groups in total. The highest BCUT2D eigenvalue weighted by atomic mass is 32.2. The summed E-state index contributed by atoms with van der Waals surface area (Å²) in [5.74, 6) is 1.97. The number of fused-ring (bicyclic) bond motifs is 3. The van der Waals surface area contributed by atoms with Crippen LogP contribution in [0.15, 0.2) is 23.1 Å². The van der Waals surface area contributed by atoms with Crippen molar-refractivity contribution < 1.29 is 17.9 Å². The number of halogens is 3. The lowest BCUT2D eigenvalue weighted by Gasteiger charge is -2.27. The molecule has 2 aliphatic heterocycles. The van der Waals surface area contributed by atoms with Crippen molar-refractivity contribution in [1.82, 2.24) is 19.7 Å². The molecule has 1 aromatic carbocycles. The van der Waals surface area contributed by atoms with Gasteiger partial charge in [-0.1, -0.05) is 0 Å². The number of thioether (sulfide) groups is 1. The predicted octanol–water partition coefficient (Wildman–Crippen LogP) is 2.72. The van der Waals surface area contributed by atoms with Gasteiger partial charge in [-0.2, -0.15) is 13.2 Å². The van der Waals surface area contributed by atoms with Gasteiger partial charge in [0.05, 0.1) is 36.8 Å². The van der Waals surface area contributed by atoms with Crippen LogP contribution in [-0.4, -0.2) is 46.0 Å². The summed E-state index contributed by atoms with van der Waals surface area (Å²) in [6, 6.07) is 3.85. The molecule has 0 spiro atoms. The highest BCUT2D eigenvalue weighted by molar-refractivity contribution is 7.98. The summed E-state index contributed by atoms with van der Waals surface area (Å²) in [6.45, 7) is 3.44. The smallest absolute Gasteiger partial charge is 0.379 e. The first-order chi connectivity index (χ1) is 11.5. The van der Waals surface area contributed by atoms with Gasteiger partial charge in [-0.15, -0.1) is 22.0 Å². The zero-order valence-corrected chi connectivity index (χ0v) is 13.5. The molecule has 1 saturated heterocycles. The first-order valence-electron chi connectivity index (χ1n) is 7.60. The van der Waals surface area contributed by atoms with Gasteiger partial charge in [-0.25, -0.2) is 0 Å². The maximum absolute atomic E-state index is 13.1. The first kappa shape index (κ1) is 15.9. The number of rotatable bonds is 2. The van der Waals surface area contributed by atoms with E-state index in [0.717, 1.165) is 24.1 Å². The molecule has 2 aliphatic rings. The van der Waals surface area contributed by atoms with Gasteiger partial charge in [0, 0.05) is 18.0 Å². The average Bonchev–Trinajstić information content (AvgIpc) is 2.98. The normalized spacial score (nSPS) is 18.3. The van der Waals surface area contributed by atoms with Crippen LogP contribution < -0.4 is 0 Å². The quantitative estimate of drug-likeness (QED) is 0.828. The van der Waals surface area contributed by atoms with E-state index in [1.807, 2.05) is 0 Å². The van der Waals surface area contributed by atoms with Gasteiger partial charge in [0.25, 0.3) is 0 Å². The molecular formula is C15H15F3N4OS. The Morgan fingerprint density at radius 1 is 1.17 bits per heavy atom. The van der Waals surface area contributed by atoms with E-state index in [2.05, 4.69) is 15.1 Å². The summed E-state index contributed by atoms with van der Waals surface area (Å²) < 4.78 is 46.3. The van der Waals surface area contributed by atoms with Crippen LogP contribution in [-0.2, 0) is 23.2 Å². The molecule has 0 unspecified atom stereocenters. The molecule has 5 nitrogen and oxygen atoms in total. The highest BCUT2D eigenvalue weighted by Gasteiger charge is 2.33. The molecule has 0 aliphatic carbocycles. The number of hydrogen-bond donors (Lipinski definition) is 0. The minimum atomic E-state index is -4.37. The number of alkyl halides is 3. The van der Waals surface area contributed by atoms with E-state index in [1.165, 1.54) is 23.9 Å². The van der Waals surface area contributed by atoms with Crippen molar-refractivity contribution in [3.05, 3.63) is 35.4 Å². The minimum absolute atomic E-state index is 0.518. The van der Waals surface area contributed by atoms with Crippen LogP contribution in [0.2, 0.25) is 0 Å². The summed E-state index contributed by atoms with van der Waals surface area (Å²) >= 11 is 1.49. The third-order valence-electron chi connectivity index (χ3n) is 4.15. The fourth-order valence-corrected chi connectivity index (χ4v) is 3.85. The summed E-state index contributed by atoms with van der Waals surface area (Å²) in [6.07, 6.45) is -4.37. The number of aromatic nitrogens is 3. The van der Waals surface area contributed by atoms with Gasteiger partial charge in [0.1, 0.15) is 5.82 Å². The zero-order valence-electron chi connectivity index (χ0n) is 12.7. The fraction of sp³-hybridized carbons (Fsp3) is 0.467. The van der Waals surface area contributed by atoms with Crippen LogP contribution in [0.1, 0.15) is 17.2 Å². The second-order valence-corrected chi connectivity index (χ2v) is 6.74. The predicted molar refractivity (Wildman–Crippen MR) is 82.0 cm³/mol. The molecule has 1 fully saturated rings. The summed E-state index contributed by atoms with van der Waals surface area (Å²) in [5.41, 5.74) is -0.134. The molecule has 0 saturated carbocycles. The lowest BCUT2D eigenvalue weighted by molar-refractivity contribution is -0.137. The Bertz CT molecular complexity index is 756. The first-order valence-corrected chi connectivity index (χ1v) is 8.58. The number of hydrogen-bond acceptors (Lipinski definition) is 5. The number of nitrogens with zero attached hydrogens (tertiary/aromatic N) is 4. The molecule has 1 aromatic heterocycles. The Balaban J connectivity index is 1.72. The maximum Gasteiger partial charge on any atom is 0.416 e. The molecule has 0 bridgehead atoms. The lowest BCUT2D eigenvalue weighted by Crippen LogP contribution is -2.36. The van der Waals surface area contributed by atoms with E-state index >= 15 is 0 Å². The zero-order chi connectivity index (χ0) is 16.7. The van der Waals surface area contributed by atoms with Crippen molar-refractivity contribution in [2.45, 2.75) is 23.4 Å². The van der Waals surface area contributed by atoms with Gasteiger partial charge >= 0.3 is 6.18 Å². The van der Waals surface area contributed by atoms with E-state index in [9.17, 15) is 13.2 Å². The van der Waals surface area contributed by atoms with Gasteiger partial charge < -0.3 is 4.74 Å². The van der Waals surface area contributed by atoms with Gasteiger partial charge in [0.15, 0.2) is 5.82 Å². The Hall–Kier alpha value is -1.58. The van der Waals surface area contributed by atoms with Gasteiger partial charge in [-0.05, 0) is 18.2 Å². The second kappa shape index (κ2) is 6.05. The van der Waals surface area contributed by atoms with E-state index in [1.54, 1.807) is 4.57 Å². The van der Waals surface area contributed by atoms with E-state index in [-0.39, 0.29) is 0 Å². The fourth-order valence-electron chi connectivity index (χ4n) is 2.92. The maximum atomic E-state index is 13.1. The molecular weight excluding hydrogens is 341 g/mol. The standard InChI is InChI=1S/C15H15F3N4OS/c16-15(17,18)10-1-2-12-11(7-10)22-13(19-20-14(22)9-24-12)8-21-3-5-23-6-4-21/h1-2,7H,3-6,8-9H2. The molecule has 128 valence electrons. The van der Waals surface area contributed by atoms with E-state index in [0.29, 0.717) is 42.8 Å². The van der Waals surface area contributed by atoms with Crippen LogP contribution >= 0.6 is 11.8 Å². The SMILES string of the molecule is FC(F)(F)c1ccc2c(c1)-n1c(nnc1CN1CCOCC1)CS2. The molecule has 0 atom stereocenters. The molecule has 9 heteroatoms. The number of benzene rings is 1. The number of morpholine rings is 1. The largest absolute Gasteiger partial charge is 0.416 e. The lowest BCUT2D eigenvalue weighted by atomic mass is 10.2. The van der Waals surface area contributed by atoms with Crippen molar-refractivity contribution in [3.63, 3.8) is 0 Å². The Labute approximate surface area is 140 Å². The molecule has 24 heavy (non-hydrogen) atoms. The van der Waals surface area contributed by atoms with Crippen LogP contribution in [0, 0.1) is 0 Å². The Kier molecular flexibility index (Phi) is 4.01. The highest BCUT2D eigenvalue weighted by Crippen LogP contribution is 2.39. The minimum Gasteiger partial charge on any atom is -0.379 e. The molecule has 2 aromatic rings. The molecule has 0 radical (unpaired) electrons. The van der Waals surface area contributed by atoms with Gasteiger partial charge in [0.2, 0.25) is 0 Å². The third-order valence-corrected chi connectivity index (χ3v) is 5.21. The molecule has 0 amide bonds. The van der Waals surface area contributed by atoms with Crippen molar-refractivity contribution in [3.8, 4) is 5.69 Å². The summed E-state index contributed by atoms with van der Waals surface area (Å²) in [4.78, 5) is 2.99. The van der Waals surface area contributed by atoms with Crippen LogP contribution in [0.5, 0.6) is 0 Å². The molecule has 3 heterocycles. The van der Waals surface area contributed by atoms with E-state index < -0.39 is 11.7 Å². The molecule has 4 rings (SSSR count). The monoisotopic (exact) mass is 356 g/mol. The van der Waals surface area contributed by atoms with Crippen molar-refractivity contribution in [2.75, 3.05) is 26.3 Å². The summed E-state index contributed by atoms with van der Waals surface area (Å²) in [5, 5.41) is 8.38. The third kappa shape index (κ3) is 2.91. The number of ether oxygens (including phenoxy) is 1. The average molecular weight is 356 g/mol. The van der Waals surface area contributed by atoms with Crippen molar-refractivity contribution in [1.29, 1.82) is 0 Å². The Morgan fingerprint density at radius 3 is 2.71 bits per heavy atom.